The van der Waals surface area contributed by atoms with Crippen LogP contribution in [0.3, 0.4) is 0 Å². The molecule has 0 spiro atoms. The van der Waals surface area contributed by atoms with Crippen LogP contribution in [0.4, 0.5) is 4.39 Å². The molecule has 6 nitrogen and oxygen atoms in total. The molecule has 4 aromatic rings. The van der Waals surface area contributed by atoms with E-state index >= 15 is 0 Å². The molecule has 0 fully saturated rings. The highest BCUT2D eigenvalue weighted by Gasteiger charge is 2.18. The largest absolute Gasteiger partial charge is 0.279 e. The molecule has 2 N–H and O–H groups in total. The lowest BCUT2D eigenvalue weighted by molar-refractivity contribution is 0.0846. The smallest absolute Gasteiger partial charge is 0.267 e. The van der Waals surface area contributed by atoms with Gasteiger partial charge in [0.25, 0.3) is 11.8 Å². The lowest BCUT2D eigenvalue weighted by Crippen LogP contribution is -2.41. The number of benzene rings is 2. The number of fused-ring (bicyclic) bond motifs is 1. The van der Waals surface area contributed by atoms with Crippen LogP contribution in [0.2, 0.25) is 0 Å². The third-order valence-electron chi connectivity index (χ3n) is 4.41. The maximum atomic E-state index is 13.7. The van der Waals surface area contributed by atoms with Crippen LogP contribution in [0.5, 0.6) is 0 Å². The summed E-state index contributed by atoms with van der Waals surface area (Å²) in [5.74, 6) is -1.84. The highest BCUT2D eigenvalue weighted by atomic mass is 32.1. The van der Waals surface area contributed by atoms with E-state index in [4.69, 9.17) is 0 Å². The van der Waals surface area contributed by atoms with Crippen LogP contribution in [0, 0.1) is 12.7 Å². The number of nitrogens with one attached hydrogen (secondary N) is 2. The molecule has 0 saturated heterocycles. The average Bonchev–Trinajstić information content (AvgIpc) is 3.28. The van der Waals surface area contributed by atoms with Crippen LogP contribution < -0.4 is 10.9 Å². The monoisotopic (exact) mass is 408 g/mol. The Labute approximate surface area is 169 Å². The van der Waals surface area contributed by atoms with Crippen LogP contribution in [0.1, 0.15) is 31.3 Å². The molecule has 0 aliphatic rings. The summed E-state index contributed by atoms with van der Waals surface area (Å²) in [6.45, 7) is 2.48. The van der Waals surface area contributed by atoms with Crippen LogP contribution in [0.15, 0.2) is 60.7 Å². The van der Waals surface area contributed by atoms with Crippen molar-refractivity contribution in [2.45, 2.75) is 13.5 Å². The fraction of sp³-hybridized carbons (Fsp3) is 0.0952. The van der Waals surface area contributed by atoms with E-state index in [9.17, 15) is 14.0 Å². The zero-order valence-corrected chi connectivity index (χ0v) is 16.3. The number of aryl methyl sites for hydroxylation is 1. The summed E-state index contributed by atoms with van der Waals surface area (Å²) in [6.07, 6.45) is 0. The van der Waals surface area contributed by atoms with Crippen LogP contribution in [-0.2, 0) is 6.54 Å². The Morgan fingerprint density at radius 3 is 2.48 bits per heavy atom. The predicted molar refractivity (Wildman–Crippen MR) is 109 cm³/mol. The molecular weight excluding hydrogens is 391 g/mol. The van der Waals surface area contributed by atoms with E-state index in [2.05, 4.69) is 16.0 Å². The number of amides is 2. The van der Waals surface area contributed by atoms with Crippen molar-refractivity contribution in [2.24, 2.45) is 0 Å². The maximum absolute atomic E-state index is 13.7. The van der Waals surface area contributed by atoms with Gasteiger partial charge >= 0.3 is 0 Å². The van der Waals surface area contributed by atoms with E-state index in [0.29, 0.717) is 11.4 Å². The number of carbonyl (C=O) groups excluding carboxylic acids is 2. The average molecular weight is 408 g/mol. The first kappa shape index (κ1) is 18.8. The van der Waals surface area contributed by atoms with Gasteiger partial charge in [-0.2, -0.15) is 5.10 Å². The first-order valence-corrected chi connectivity index (χ1v) is 9.70. The standard InChI is InChI=1S/C21H17FN4O2S/c1-13-16-11-18(20(28)24-23-19(27)15-9-5-6-10-17(15)22)29-21(16)26(25-13)12-14-7-3-2-4-8-14/h2-11H,12H2,1H3,(H,23,27)(H,24,28). The van der Waals surface area contributed by atoms with Crippen molar-refractivity contribution >= 4 is 33.4 Å². The second kappa shape index (κ2) is 7.84. The first-order valence-electron chi connectivity index (χ1n) is 8.89. The summed E-state index contributed by atoms with van der Waals surface area (Å²) in [5.41, 5.74) is 6.37. The SMILES string of the molecule is Cc1nn(Cc2ccccc2)c2sc(C(=O)NNC(=O)c3ccccc3F)cc12. The lowest BCUT2D eigenvalue weighted by atomic mass is 10.2. The number of carbonyl (C=O) groups is 2. The van der Waals surface area contributed by atoms with Crippen molar-refractivity contribution in [2.75, 3.05) is 0 Å². The Hall–Kier alpha value is -3.52. The third-order valence-corrected chi connectivity index (χ3v) is 5.56. The molecule has 0 radical (unpaired) electrons. The molecule has 0 aliphatic heterocycles. The van der Waals surface area contributed by atoms with Gasteiger partial charge in [-0.25, -0.2) is 4.39 Å². The number of nitrogens with zero attached hydrogens (tertiary/aromatic N) is 2. The van der Waals surface area contributed by atoms with Gasteiger partial charge in [-0.05, 0) is 30.7 Å². The van der Waals surface area contributed by atoms with E-state index in [1.807, 2.05) is 41.9 Å². The van der Waals surface area contributed by atoms with Crippen molar-refractivity contribution in [1.29, 1.82) is 0 Å². The van der Waals surface area contributed by atoms with Gasteiger partial charge in [-0.15, -0.1) is 11.3 Å². The topological polar surface area (TPSA) is 76.0 Å². The number of halogens is 1. The van der Waals surface area contributed by atoms with Gasteiger partial charge < -0.3 is 0 Å². The van der Waals surface area contributed by atoms with Gasteiger partial charge in [0.05, 0.1) is 22.7 Å². The van der Waals surface area contributed by atoms with E-state index in [-0.39, 0.29) is 5.56 Å². The van der Waals surface area contributed by atoms with Crippen LogP contribution in [-0.4, -0.2) is 21.6 Å². The van der Waals surface area contributed by atoms with Crippen molar-refractivity contribution in [3.8, 4) is 0 Å². The normalized spacial score (nSPS) is 10.8. The molecule has 29 heavy (non-hydrogen) atoms. The predicted octanol–water partition coefficient (Wildman–Crippen LogP) is 3.67. The molecule has 0 bridgehead atoms. The molecule has 146 valence electrons. The minimum Gasteiger partial charge on any atom is -0.267 e. The molecule has 2 aromatic heterocycles. The second-order valence-corrected chi connectivity index (χ2v) is 7.48. The fourth-order valence-electron chi connectivity index (χ4n) is 2.98. The van der Waals surface area contributed by atoms with Gasteiger partial charge in [0, 0.05) is 5.39 Å². The quantitative estimate of drug-likeness (QED) is 0.506. The molecule has 0 aliphatic carbocycles. The summed E-state index contributed by atoms with van der Waals surface area (Å²) >= 11 is 1.29. The number of rotatable bonds is 4. The Morgan fingerprint density at radius 1 is 1.03 bits per heavy atom. The number of hydrogen-bond donors (Lipinski definition) is 2. The summed E-state index contributed by atoms with van der Waals surface area (Å²) in [7, 11) is 0. The summed E-state index contributed by atoms with van der Waals surface area (Å²) < 4.78 is 15.5. The maximum Gasteiger partial charge on any atom is 0.279 e. The van der Waals surface area contributed by atoms with Gasteiger partial charge in [0.1, 0.15) is 10.6 Å². The molecule has 8 heteroatoms. The Kier molecular flexibility index (Phi) is 5.09. The zero-order valence-electron chi connectivity index (χ0n) is 15.5. The Balaban J connectivity index is 1.50. The fourth-order valence-corrected chi connectivity index (χ4v) is 4.03. The number of hydrazine groups is 1. The van der Waals surface area contributed by atoms with Crippen molar-refractivity contribution in [3.05, 3.63) is 88.2 Å². The molecule has 2 heterocycles. The van der Waals surface area contributed by atoms with Crippen LogP contribution >= 0.6 is 11.3 Å². The first-order chi connectivity index (χ1) is 14.0. The number of aromatic nitrogens is 2. The van der Waals surface area contributed by atoms with Gasteiger partial charge in [0.15, 0.2) is 0 Å². The van der Waals surface area contributed by atoms with Crippen LogP contribution in [0.25, 0.3) is 10.2 Å². The van der Waals surface area contributed by atoms with E-state index < -0.39 is 17.6 Å². The summed E-state index contributed by atoms with van der Waals surface area (Å²) in [4.78, 5) is 25.8. The summed E-state index contributed by atoms with van der Waals surface area (Å²) in [6, 6.07) is 17.2. The molecule has 0 unspecified atom stereocenters. The summed E-state index contributed by atoms with van der Waals surface area (Å²) in [5, 5.41) is 5.44. The molecular formula is C21H17FN4O2S. The minimum absolute atomic E-state index is 0.140. The third kappa shape index (κ3) is 3.88. The van der Waals surface area contributed by atoms with Crippen molar-refractivity contribution in [1.82, 2.24) is 20.6 Å². The number of thiophene rings is 1. The van der Waals surface area contributed by atoms with Gasteiger partial charge in [-0.1, -0.05) is 42.5 Å². The van der Waals surface area contributed by atoms with Crippen molar-refractivity contribution < 1.29 is 14.0 Å². The van der Waals surface area contributed by atoms with E-state index in [1.165, 1.54) is 29.5 Å². The Morgan fingerprint density at radius 2 is 1.72 bits per heavy atom. The molecule has 0 atom stereocenters. The highest BCUT2D eigenvalue weighted by molar-refractivity contribution is 7.20. The Bertz CT molecular complexity index is 1200. The van der Waals surface area contributed by atoms with Crippen molar-refractivity contribution in [3.63, 3.8) is 0 Å². The molecule has 4 rings (SSSR count). The van der Waals surface area contributed by atoms with Gasteiger partial charge in [-0.3, -0.25) is 25.1 Å². The van der Waals surface area contributed by atoms with Gasteiger partial charge in [0.2, 0.25) is 0 Å². The van der Waals surface area contributed by atoms with E-state index in [1.54, 1.807) is 12.1 Å². The molecule has 0 saturated carbocycles. The second-order valence-electron chi connectivity index (χ2n) is 6.45. The highest BCUT2D eigenvalue weighted by Crippen LogP contribution is 2.28. The lowest BCUT2D eigenvalue weighted by Gasteiger charge is -2.07. The van der Waals surface area contributed by atoms with E-state index in [0.717, 1.165) is 21.5 Å². The molecule has 2 amide bonds. The minimum atomic E-state index is -0.719. The number of hydrogen-bond acceptors (Lipinski definition) is 4. The zero-order chi connectivity index (χ0) is 20.4. The molecule has 2 aromatic carbocycles.